The Hall–Kier alpha value is -1.91. The highest BCUT2D eigenvalue weighted by Crippen LogP contribution is 2.39. The maximum absolute atomic E-state index is 5.05. The Kier molecular flexibility index (Phi) is 2.09. The van der Waals surface area contributed by atoms with Crippen LogP contribution in [0.4, 0.5) is 0 Å². The third-order valence-corrected chi connectivity index (χ3v) is 2.66. The lowest BCUT2D eigenvalue weighted by Crippen LogP contribution is -1.94. The summed E-state index contributed by atoms with van der Waals surface area (Å²) in [5.41, 5.74) is 1.18. The Bertz CT molecular complexity index is 504. The number of nitrogens with one attached hydrogen (secondary N) is 1. The second-order valence-electron chi connectivity index (χ2n) is 3.88. The molecule has 16 heavy (non-hydrogen) atoms. The summed E-state index contributed by atoms with van der Waals surface area (Å²) in [5, 5.41) is 0. The summed E-state index contributed by atoms with van der Waals surface area (Å²) < 4.78 is 5.05. The Balaban J connectivity index is 1.93. The van der Waals surface area contributed by atoms with Crippen molar-refractivity contribution in [2.75, 3.05) is 7.11 Å². The zero-order valence-corrected chi connectivity index (χ0v) is 8.97. The van der Waals surface area contributed by atoms with E-state index in [0.717, 1.165) is 0 Å². The van der Waals surface area contributed by atoms with E-state index in [9.17, 15) is 0 Å². The molecule has 1 aliphatic rings. The van der Waals surface area contributed by atoms with E-state index in [1.54, 1.807) is 19.4 Å². The van der Waals surface area contributed by atoms with E-state index in [-0.39, 0.29) is 0 Å². The molecular formula is C11H12N4O. The molecule has 5 nitrogen and oxygen atoms in total. The number of nitrogens with zero attached hydrogens (tertiary/aromatic N) is 3. The predicted molar refractivity (Wildman–Crippen MR) is 58.1 cm³/mol. The quantitative estimate of drug-likeness (QED) is 0.849. The summed E-state index contributed by atoms with van der Waals surface area (Å²) in [6.07, 6.45) is 6.04. The molecule has 0 saturated heterocycles. The van der Waals surface area contributed by atoms with Gasteiger partial charge in [0.1, 0.15) is 0 Å². The molecule has 0 radical (unpaired) electrons. The number of hydrogen-bond donors (Lipinski definition) is 1. The number of imidazole rings is 1. The highest BCUT2D eigenvalue weighted by molar-refractivity contribution is 5.44. The number of aromatic nitrogens is 4. The van der Waals surface area contributed by atoms with E-state index in [2.05, 4.69) is 19.9 Å². The SMILES string of the molecule is COc1ccnc(-c2ncc(C3CC3)[nH]2)n1. The van der Waals surface area contributed by atoms with Crippen molar-refractivity contribution in [3.8, 4) is 17.5 Å². The molecule has 0 unspecified atom stereocenters. The van der Waals surface area contributed by atoms with Gasteiger partial charge in [-0.1, -0.05) is 0 Å². The van der Waals surface area contributed by atoms with Crippen molar-refractivity contribution < 1.29 is 4.74 Å². The third kappa shape index (κ3) is 1.64. The minimum atomic E-state index is 0.550. The Labute approximate surface area is 92.9 Å². The van der Waals surface area contributed by atoms with Gasteiger partial charge >= 0.3 is 0 Å². The first-order valence-electron chi connectivity index (χ1n) is 5.29. The third-order valence-electron chi connectivity index (χ3n) is 2.66. The minimum absolute atomic E-state index is 0.550. The van der Waals surface area contributed by atoms with Crippen molar-refractivity contribution in [3.05, 3.63) is 24.2 Å². The largest absolute Gasteiger partial charge is 0.481 e. The van der Waals surface area contributed by atoms with Crippen LogP contribution >= 0.6 is 0 Å². The van der Waals surface area contributed by atoms with E-state index in [0.29, 0.717) is 23.4 Å². The number of ether oxygens (including phenoxy) is 1. The van der Waals surface area contributed by atoms with Crippen molar-refractivity contribution in [1.82, 2.24) is 19.9 Å². The van der Waals surface area contributed by atoms with Crippen LogP contribution in [0.3, 0.4) is 0 Å². The van der Waals surface area contributed by atoms with Gasteiger partial charge in [-0.05, 0) is 12.8 Å². The molecule has 0 amide bonds. The first kappa shape index (κ1) is 9.33. The Morgan fingerprint density at radius 2 is 2.25 bits per heavy atom. The van der Waals surface area contributed by atoms with Crippen LogP contribution in [0.1, 0.15) is 24.5 Å². The van der Waals surface area contributed by atoms with Gasteiger partial charge in [-0.2, -0.15) is 4.98 Å². The van der Waals surface area contributed by atoms with Gasteiger partial charge in [0.25, 0.3) is 0 Å². The van der Waals surface area contributed by atoms with E-state index in [1.165, 1.54) is 18.5 Å². The molecule has 1 fully saturated rings. The van der Waals surface area contributed by atoms with Crippen LogP contribution in [-0.2, 0) is 0 Å². The lowest BCUT2D eigenvalue weighted by molar-refractivity contribution is 0.397. The molecule has 0 spiro atoms. The maximum Gasteiger partial charge on any atom is 0.216 e. The number of hydrogen-bond acceptors (Lipinski definition) is 4. The molecule has 82 valence electrons. The van der Waals surface area contributed by atoms with Crippen LogP contribution in [0.5, 0.6) is 5.88 Å². The zero-order chi connectivity index (χ0) is 11.0. The van der Waals surface area contributed by atoms with Crippen molar-refractivity contribution in [2.24, 2.45) is 0 Å². The molecule has 1 N–H and O–H groups in total. The zero-order valence-electron chi connectivity index (χ0n) is 8.97. The fourth-order valence-electron chi connectivity index (χ4n) is 1.62. The van der Waals surface area contributed by atoms with Gasteiger partial charge in [0.2, 0.25) is 5.88 Å². The maximum atomic E-state index is 5.05. The fourth-order valence-corrected chi connectivity index (χ4v) is 1.62. The van der Waals surface area contributed by atoms with Crippen LogP contribution in [0, 0.1) is 0 Å². The number of aromatic amines is 1. The van der Waals surface area contributed by atoms with Crippen molar-refractivity contribution in [3.63, 3.8) is 0 Å². The van der Waals surface area contributed by atoms with Gasteiger partial charge in [-0.3, -0.25) is 0 Å². The molecule has 1 saturated carbocycles. The Morgan fingerprint density at radius 1 is 1.38 bits per heavy atom. The van der Waals surface area contributed by atoms with E-state index in [4.69, 9.17) is 4.74 Å². The molecule has 5 heteroatoms. The molecule has 2 aromatic heterocycles. The van der Waals surface area contributed by atoms with Crippen LogP contribution in [0.25, 0.3) is 11.6 Å². The number of rotatable bonds is 3. The average Bonchev–Trinajstić information content (AvgIpc) is 3.07. The highest BCUT2D eigenvalue weighted by Gasteiger charge is 2.25. The molecular weight excluding hydrogens is 204 g/mol. The summed E-state index contributed by atoms with van der Waals surface area (Å²) >= 11 is 0. The molecule has 0 atom stereocenters. The van der Waals surface area contributed by atoms with Crippen molar-refractivity contribution in [2.45, 2.75) is 18.8 Å². The summed E-state index contributed by atoms with van der Waals surface area (Å²) in [6, 6.07) is 1.72. The molecule has 2 heterocycles. The second kappa shape index (κ2) is 3.59. The molecule has 0 aliphatic heterocycles. The van der Waals surface area contributed by atoms with Crippen LogP contribution in [0.2, 0.25) is 0 Å². The van der Waals surface area contributed by atoms with Gasteiger partial charge < -0.3 is 9.72 Å². The predicted octanol–water partition coefficient (Wildman–Crippen LogP) is 1.75. The molecule has 0 aromatic carbocycles. The van der Waals surface area contributed by atoms with Gasteiger partial charge in [0.15, 0.2) is 11.6 Å². The minimum Gasteiger partial charge on any atom is -0.481 e. The van der Waals surface area contributed by atoms with Crippen LogP contribution in [-0.4, -0.2) is 27.0 Å². The summed E-state index contributed by atoms with van der Waals surface area (Å²) in [7, 11) is 1.59. The normalized spacial score (nSPS) is 15.1. The average molecular weight is 216 g/mol. The molecule has 0 bridgehead atoms. The van der Waals surface area contributed by atoms with Gasteiger partial charge in [0, 0.05) is 30.1 Å². The van der Waals surface area contributed by atoms with Crippen LogP contribution in [0.15, 0.2) is 18.5 Å². The standard InChI is InChI=1S/C11H12N4O/c1-16-9-4-5-12-10(15-9)11-13-6-8(14-11)7-2-3-7/h4-7H,2-3H2,1H3,(H,13,14). The second-order valence-corrected chi connectivity index (χ2v) is 3.88. The highest BCUT2D eigenvalue weighted by atomic mass is 16.5. The Morgan fingerprint density at radius 3 is 3.00 bits per heavy atom. The molecule has 3 rings (SSSR count). The first-order valence-corrected chi connectivity index (χ1v) is 5.29. The van der Waals surface area contributed by atoms with E-state index < -0.39 is 0 Å². The lowest BCUT2D eigenvalue weighted by atomic mass is 10.3. The number of H-pyrrole nitrogens is 1. The lowest BCUT2D eigenvalue weighted by Gasteiger charge is -1.99. The topological polar surface area (TPSA) is 63.7 Å². The van der Waals surface area contributed by atoms with Crippen molar-refractivity contribution >= 4 is 0 Å². The van der Waals surface area contributed by atoms with E-state index in [1.807, 2.05) is 6.20 Å². The first-order chi connectivity index (χ1) is 7.86. The van der Waals surface area contributed by atoms with Gasteiger partial charge in [0.05, 0.1) is 7.11 Å². The van der Waals surface area contributed by atoms with Crippen LogP contribution < -0.4 is 4.74 Å². The van der Waals surface area contributed by atoms with Gasteiger partial charge in [-0.25, -0.2) is 9.97 Å². The molecule has 1 aliphatic carbocycles. The molecule has 2 aromatic rings. The smallest absolute Gasteiger partial charge is 0.216 e. The van der Waals surface area contributed by atoms with Crippen molar-refractivity contribution in [1.29, 1.82) is 0 Å². The fraction of sp³-hybridized carbons (Fsp3) is 0.364. The monoisotopic (exact) mass is 216 g/mol. The van der Waals surface area contributed by atoms with Gasteiger partial charge in [-0.15, -0.1) is 0 Å². The van der Waals surface area contributed by atoms with E-state index >= 15 is 0 Å². The number of methoxy groups -OCH3 is 1. The summed E-state index contributed by atoms with van der Waals surface area (Å²) in [6.45, 7) is 0. The summed E-state index contributed by atoms with van der Waals surface area (Å²) in [5.74, 6) is 2.49. The summed E-state index contributed by atoms with van der Waals surface area (Å²) in [4.78, 5) is 15.9.